The number of halogens is 1. The van der Waals surface area contributed by atoms with Crippen LogP contribution in [0.1, 0.15) is 25.0 Å². The first kappa shape index (κ1) is 21.6. The Morgan fingerprint density at radius 1 is 1.32 bits per heavy atom. The second-order valence-corrected chi connectivity index (χ2v) is 6.50. The molecule has 25 heavy (non-hydrogen) atoms. The second-order valence-electron chi connectivity index (χ2n) is 5.66. The zero-order valence-electron chi connectivity index (χ0n) is 14.7. The fraction of sp³-hybridized carbons (Fsp3) is 0.600. The van der Waals surface area contributed by atoms with E-state index in [-0.39, 0.29) is 35.8 Å². The summed E-state index contributed by atoms with van der Waals surface area (Å²) in [7, 11) is 5.60. The number of imide groups is 1. The molecule has 1 aliphatic rings. The molecule has 10 heteroatoms. The van der Waals surface area contributed by atoms with Crippen molar-refractivity contribution in [2.24, 2.45) is 4.99 Å². The number of nitrogens with zero attached hydrogens (tertiary/aromatic N) is 4. The smallest absolute Gasteiger partial charge is 0.229 e. The molecule has 140 valence electrons. The van der Waals surface area contributed by atoms with Gasteiger partial charge in [0.05, 0.1) is 12.2 Å². The molecule has 1 fully saturated rings. The van der Waals surface area contributed by atoms with Gasteiger partial charge in [0.1, 0.15) is 0 Å². The fourth-order valence-electron chi connectivity index (χ4n) is 2.31. The highest BCUT2D eigenvalue weighted by Gasteiger charge is 2.25. The Morgan fingerprint density at radius 3 is 2.56 bits per heavy atom. The number of amides is 2. The van der Waals surface area contributed by atoms with Crippen LogP contribution in [0.3, 0.4) is 0 Å². The molecule has 0 atom stereocenters. The number of hydrogen-bond acceptors (Lipinski definition) is 6. The Kier molecular flexibility index (Phi) is 9.11. The van der Waals surface area contributed by atoms with Crippen molar-refractivity contribution in [2.75, 3.05) is 39.1 Å². The zero-order chi connectivity index (χ0) is 17.5. The summed E-state index contributed by atoms with van der Waals surface area (Å²) < 4.78 is 0. The van der Waals surface area contributed by atoms with E-state index in [1.165, 1.54) is 4.90 Å². The van der Waals surface area contributed by atoms with Crippen molar-refractivity contribution in [2.45, 2.75) is 25.8 Å². The average Bonchev–Trinajstić information content (AvgIpc) is 3.02. The third kappa shape index (κ3) is 6.42. The summed E-state index contributed by atoms with van der Waals surface area (Å²) in [5.41, 5.74) is 0.938. The fourth-order valence-corrected chi connectivity index (χ4v) is 3.07. The molecular formula is C15H25IN6O2S. The molecular weight excluding hydrogens is 455 g/mol. The van der Waals surface area contributed by atoms with Crippen LogP contribution in [0.4, 0.5) is 5.13 Å². The van der Waals surface area contributed by atoms with Crippen LogP contribution in [-0.4, -0.2) is 61.9 Å². The third-order valence-electron chi connectivity index (χ3n) is 3.59. The SMILES string of the molecule is CN=C(NCCN1C(=O)CCCC1=O)NCc1csc(N(C)C)n1.I. The quantitative estimate of drug-likeness (QED) is 0.274. The summed E-state index contributed by atoms with van der Waals surface area (Å²) in [5, 5.41) is 9.25. The van der Waals surface area contributed by atoms with E-state index in [9.17, 15) is 9.59 Å². The number of nitrogens with one attached hydrogen (secondary N) is 2. The van der Waals surface area contributed by atoms with Crippen LogP contribution in [0.5, 0.6) is 0 Å². The van der Waals surface area contributed by atoms with E-state index in [4.69, 9.17) is 0 Å². The van der Waals surface area contributed by atoms with Gasteiger partial charge in [-0.1, -0.05) is 0 Å². The minimum atomic E-state index is -0.0883. The van der Waals surface area contributed by atoms with Crippen LogP contribution in [0.15, 0.2) is 10.4 Å². The molecule has 2 heterocycles. The summed E-state index contributed by atoms with van der Waals surface area (Å²) in [4.78, 5) is 35.4. The summed E-state index contributed by atoms with van der Waals surface area (Å²) in [6.07, 6.45) is 1.57. The minimum Gasteiger partial charge on any atom is -0.355 e. The third-order valence-corrected chi connectivity index (χ3v) is 4.65. The van der Waals surface area contributed by atoms with Gasteiger partial charge in [-0.25, -0.2) is 4.98 Å². The highest BCUT2D eigenvalue weighted by Crippen LogP contribution is 2.17. The molecule has 2 rings (SSSR count). The van der Waals surface area contributed by atoms with E-state index >= 15 is 0 Å². The number of anilines is 1. The van der Waals surface area contributed by atoms with Crippen molar-refractivity contribution < 1.29 is 9.59 Å². The van der Waals surface area contributed by atoms with Crippen LogP contribution < -0.4 is 15.5 Å². The number of guanidine groups is 1. The van der Waals surface area contributed by atoms with Gasteiger partial charge in [0.25, 0.3) is 0 Å². The van der Waals surface area contributed by atoms with Crippen molar-refractivity contribution in [3.63, 3.8) is 0 Å². The largest absolute Gasteiger partial charge is 0.355 e. The van der Waals surface area contributed by atoms with Gasteiger partial charge in [0, 0.05) is 52.5 Å². The highest BCUT2D eigenvalue weighted by atomic mass is 127. The predicted octanol–water partition coefficient (Wildman–Crippen LogP) is 1.03. The molecule has 8 nitrogen and oxygen atoms in total. The Morgan fingerprint density at radius 2 is 2.00 bits per heavy atom. The number of aromatic nitrogens is 1. The lowest BCUT2D eigenvalue weighted by Crippen LogP contribution is -2.46. The summed E-state index contributed by atoms with van der Waals surface area (Å²) in [5.74, 6) is 0.440. The van der Waals surface area contributed by atoms with Crippen molar-refractivity contribution in [1.82, 2.24) is 20.5 Å². The molecule has 0 unspecified atom stereocenters. The molecule has 0 aromatic carbocycles. The molecule has 0 radical (unpaired) electrons. The van der Waals surface area contributed by atoms with Gasteiger partial charge in [0.15, 0.2) is 11.1 Å². The Labute approximate surface area is 169 Å². The number of hydrogen-bond donors (Lipinski definition) is 2. The number of likely N-dealkylation sites (tertiary alicyclic amines) is 1. The molecule has 2 N–H and O–H groups in total. The molecule has 1 aromatic rings. The normalized spacial score (nSPS) is 15.0. The number of carbonyl (C=O) groups is 2. The van der Waals surface area contributed by atoms with E-state index < -0.39 is 0 Å². The minimum absolute atomic E-state index is 0. The highest BCUT2D eigenvalue weighted by molar-refractivity contribution is 14.0. The van der Waals surface area contributed by atoms with Gasteiger partial charge in [0.2, 0.25) is 11.8 Å². The van der Waals surface area contributed by atoms with Gasteiger partial charge in [-0.2, -0.15) is 0 Å². The molecule has 1 saturated heterocycles. The summed E-state index contributed by atoms with van der Waals surface area (Å²) >= 11 is 1.59. The molecule has 1 aliphatic heterocycles. The van der Waals surface area contributed by atoms with E-state index in [1.807, 2.05) is 24.4 Å². The standard InChI is InChI=1S/C15H24N6O2S.HI/c1-16-14(18-9-11-10-24-15(19-11)20(2)3)17-7-8-21-12(22)5-4-6-13(21)23;/h10H,4-9H2,1-3H3,(H2,16,17,18);1H. The lowest BCUT2D eigenvalue weighted by Gasteiger charge is -2.25. The zero-order valence-corrected chi connectivity index (χ0v) is 17.9. The topological polar surface area (TPSA) is 89.9 Å². The molecule has 0 spiro atoms. The van der Waals surface area contributed by atoms with Crippen LogP contribution in [0, 0.1) is 0 Å². The van der Waals surface area contributed by atoms with E-state index in [1.54, 1.807) is 18.4 Å². The van der Waals surface area contributed by atoms with Crippen molar-refractivity contribution in [3.8, 4) is 0 Å². The Hall–Kier alpha value is -1.43. The first-order valence-corrected chi connectivity index (χ1v) is 8.78. The Balaban J connectivity index is 0.00000312. The first-order chi connectivity index (χ1) is 11.5. The monoisotopic (exact) mass is 480 g/mol. The molecule has 0 aliphatic carbocycles. The summed E-state index contributed by atoms with van der Waals surface area (Å²) in [6, 6.07) is 0. The molecule has 0 saturated carbocycles. The van der Waals surface area contributed by atoms with Gasteiger partial charge >= 0.3 is 0 Å². The lowest BCUT2D eigenvalue weighted by atomic mass is 10.1. The predicted molar refractivity (Wildman–Crippen MR) is 111 cm³/mol. The lowest BCUT2D eigenvalue weighted by molar-refractivity contribution is -0.147. The first-order valence-electron chi connectivity index (χ1n) is 7.90. The van der Waals surface area contributed by atoms with E-state index in [0.717, 1.165) is 10.8 Å². The van der Waals surface area contributed by atoms with Crippen LogP contribution in [-0.2, 0) is 16.1 Å². The Bertz CT molecular complexity index is 603. The maximum Gasteiger partial charge on any atom is 0.229 e. The van der Waals surface area contributed by atoms with Crippen LogP contribution in [0.2, 0.25) is 0 Å². The number of piperidine rings is 1. The molecule has 2 amide bonds. The van der Waals surface area contributed by atoms with Gasteiger partial charge < -0.3 is 15.5 Å². The van der Waals surface area contributed by atoms with Gasteiger partial charge in [-0.15, -0.1) is 35.3 Å². The number of aliphatic imine (C=N–C) groups is 1. The summed E-state index contributed by atoms with van der Waals surface area (Å²) in [6.45, 7) is 1.39. The molecule has 1 aromatic heterocycles. The van der Waals surface area contributed by atoms with Crippen LogP contribution in [0.25, 0.3) is 0 Å². The maximum atomic E-state index is 11.7. The van der Waals surface area contributed by atoms with Gasteiger partial charge in [-0.3, -0.25) is 19.5 Å². The van der Waals surface area contributed by atoms with Crippen molar-refractivity contribution >= 4 is 58.2 Å². The van der Waals surface area contributed by atoms with Crippen molar-refractivity contribution in [1.29, 1.82) is 0 Å². The number of carbonyl (C=O) groups excluding carboxylic acids is 2. The van der Waals surface area contributed by atoms with Gasteiger partial charge in [-0.05, 0) is 6.42 Å². The maximum absolute atomic E-state index is 11.7. The second kappa shape index (κ2) is 10.5. The number of rotatable bonds is 6. The van der Waals surface area contributed by atoms with E-state index in [0.29, 0.717) is 44.9 Å². The molecule has 0 bridgehead atoms. The van der Waals surface area contributed by atoms with E-state index in [2.05, 4.69) is 20.6 Å². The van der Waals surface area contributed by atoms with Crippen molar-refractivity contribution in [3.05, 3.63) is 11.1 Å². The number of thiazole rings is 1. The van der Waals surface area contributed by atoms with Crippen LogP contribution >= 0.6 is 35.3 Å². The average molecular weight is 480 g/mol.